The Hall–Kier alpha value is -2.66. The van der Waals surface area contributed by atoms with Crippen molar-refractivity contribution in [1.29, 1.82) is 0 Å². The summed E-state index contributed by atoms with van der Waals surface area (Å²) < 4.78 is 1.93. The lowest BCUT2D eigenvalue weighted by atomic mass is 10.0. The van der Waals surface area contributed by atoms with Crippen molar-refractivity contribution < 1.29 is 4.79 Å². The van der Waals surface area contributed by atoms with Crippen LogP contribution in [0.15, 0.2) is 54.7 Å². The van der Waals surface area contributed by atoms with Crippen molar-refractivity contribution in [1.82, 2.24) is 19.4 Å². The Bertz CT molecular complexity index is 950. The van der Waals surface area contributed by atoms with Gasteiger partial charge >= 0.3 is 0 Å². The van der Waals surface area contributed by atoms with Crippen molar-refractivity contribution >= 4 is 11.4 Å². The van der Waals surface area contributed by atoms with E-state index in [2.05, 4.69) is 16.1 Å². The lowest BCUT2D eigenvalue weighted by Gasteiger charge is -2.46. The van der Waals surface area contributed by atoms with E-state index < -0.39 is 0 Å². The maximum atomic E-state index is 12.8. The van der Waals surface area contributed by atoms with Gasteiger partial charge in [-0.15, -0.1) is 0 Å². The second-order valence-electron chi connectivity index (χ2n) is 7.62. The predicted molar refractivity (Wildman–Crippen MR) is 106 cm³/mol. The summed E-state index contributed by atoms with van der Waals surface area (Å²) in [5, 5.41) is 4.39. The summed E-state index contributed by atoms with van der Waals surface area (Å²) in [6.07, 6.45) is 5.76. The lowest BCUT2D eigenvalue weighted by Crippen LogP contribution is -2.61. The van der Waals surface area contributed by atoms with Crippen molar-refractivity contribution in [2.45, 2.75) is 25.3 Å². The molecule has 0 atom stereocenters. The van der Waals surface area contributed by atoms with Crippen molar-refractivity contribution in [2.24, 2.45) is 0 Å². The van der Waals surface area contributed by atoms with E-state index in [4.69, 9.17) is 0 Å². The van der Waals surface area contributed by atoms with E-state index in [0.29, 0.717) is 6.04 Å². The van der Waals surface area contributed by atoms with E-state index in [1.165, 1.54) is 32.4 Å². The van der Waals surface area contributed by atoms with Crippen LogP contribution in [-0.4, -0.2) is 57.5 Å². The number of hydrogen-bond acceptors (Lipinski definition) is 3. The third-order valence-electron chi connectivity index (χ3n) is 5.91. The van der Waals surface area contributed by atoms with E-state index in [1.54, 1.807) is 6.20 Å². The highest BCUT2D eigenvalue weighted by Gasteiger charge is 2.35. The molecule has 1 amide bonds. The summed E-state index contributed by atoms with van der Waals surface area (Å²) in [5.41, 5.74) is 3.93. The SMILES string of the molecule is O=C(c1ccc(-c2cccc3ccnn23)cc1)N1CC(N2CCCCC2)C1. The monoisotopic (exact) mass is 360 g/mol. The summed E-state index contributed by atoms with van der Waals surface area (Å²) in [7, 11) is 0. The fraction of sp³-hybridized carbons (Fsp3) is 0.364. The van der Waals surface area contributed by atoms with Crippen molar-refractivity contribution in [2.75, 3.05) is 26.2 Å². The number of likely N-dealkylation sites (tertiary alicyclic amines) is 2. The first-order valence-corrected chi connectivity index (χ1v) is 9.86. The molecule has 0 radical (unpaired) electrons. The molecule has 1 aromatic carbocycles. The van der Waals surface area contributed by atoms with Crippen LogP contribution in [0, 0.1) is 0 Å². The van der Waals surface area contributed by atoms with E-state index in [0.717, 1.165) is 35.4 Å². The minimum absolute atomic E-state index is 0.145. The molecule has 27 heavy (non-hydrogen) atoms. The number of fused-ring (bicyclic) bond motifs is 1. The van der Waals surface area contributed by atoms with Crippen LogP contribution in [0.4, 0.5) is 0 Å². The van der Waals surface area contributed by atoms with Crippen LogP contribution in [0.2, 0.25) is 0 Å². The number of carbonyl (C=O) groups is 1. The number of hydrogen-bond donors (Lipinski definition) is 0. The zero-order chi connectivity index (χ0) is 18.2. The molecule has 0 unspecified atom stereocenters. The number of nitrogens with zero attached hydrogens (tertiary/aromatic N) is 4. The number of amides is 1. The van der Waals surface area contributed by atoms with Gasteiger partial charge in [0.2, 0.25) is 0 Å². The number of aromatic nitrogens is 2. The first kappa shape index (κ1) is 16.5. The number of piperidine rings is 1. The second kappa shape index (κ2) is 6.82. The topological polar surface area (TPSA) is 40.9 Å². The first-order valence-electron chi connectivity index (χ1n) is 9.86. The molecular formula is C22H24N4O. The maximum Gasteiger partial charge on any atom is 0.253 e. The highest BCUT2D eigenvalue weighted by molar-refractivity contribution is 5.95. The van der Waals surface area contributed by atoms with Crippen LogP contribution in [-0.2, 0) is 0 Å². The molecular weight excluding hydrogens is 336 g/mol. The van der Waals surface area contributed by atoms with Crippen molar-refractivity contribution in [3.05, 3.63) is 60.3 Å². The highest BCUT2D eigenvalue weighted by Crippen LogP contribution is 2.24. The fourth-order valence-electron chi connectivity index (χ4n) is 4.27. The number of carbonyl (C=O) groups excluding carboxylic acids is 1. The van der Waals surface area contributed by atoms with Gasteiger partial charge in [-0.25, -0.2) is 4.52 Å². The smallest absolute Gasteiger partial charge is 0.253 e. The van der Waals surface area contributed by atoms with Crippen molar-refractivity contribution in [3.63, 3.8) is 0 Å². The number of pyridine rings is 1. The standard InChI is InChI=1S/C22H24N4O/c27-22(25-15-20(16-25)24-13-2-1-3-14-24)18-9-7-17(8-10-18)21-6-4-5-19-11-12-23-26(19)21/h4-12,20H,1-3,13-16H2. The summed E-state index contributed by atoms with van der Waals surface area (Å²) in [5.74, 6) is 0.145. The van der Waals surface area contributed by atoms with Gasteiger partial charge in [-0.3, -0.25) is 9.69 Å². The molecule has 0 spiro atoms. The Morgan fingerprint density at radius 2 is 1.70 bits per heavy atom. The molecule has 2 fully saturated rings. The van der Waals surface area contributed by atoms with Gasteiger partial charge in [-0.05, 0) is 56.3 Å². The summed E-state index contributed by atoms with van der Waals surface area (Å²) in [4.78, 5) is 17.3. The van der Waals surface area contributed by atoms with Gasteiger partial charge in [0.25, 0.3) is 5.91 Å². The third-order valence-corrected chi connectivity index (χ3v) is 5.91. The van der Waals surface area contributed by atoms with Gasteiger partial charge in [-0.2, -0.15) is 5.10 Å². The van der Waals surface area contributed by atoms with Gasteiger partial charge < -0.3 is 4.90 Å². The molecule has 0 saturated carbocycles. The molecule has 3 aromatic rings. The Morgan fingerprint density at radius 1 is 0.926 bits per heavy atom. The van der Waals surface area contributed by atoms with Crippen LogP contribution < -0.4 is 0 Å². The largest absolute Gasteiger partial charge is 0.335 e. The summed E-state index contributed by atoms with van der Waals surface area (Å²) >= 11 is 0. The molecule has 0 N–H and O–H groups in total. The Kier molecular flexibility index (Phi) is 4.17. The minimum Gasteiger partial charge on any atom is -0.335 e. The molecule has 2 aromatic heterocycles. The minimum atomic E-state index is 0.145. The molecule has 2 aliphatic heterocycles. The molecule has 5 rings (SSSR count). The molecule has 0 aliphatic carbocycles. The highest BCUT2D eigenvalue weighted by atomic mass is 16.2. The third kappa shape index (κ3) is 3.02. The van der Waals surface area contributed by atoms with Gasteiger partial charge in [-0.1, -0.05) is 24.6 Å². The van der Waals surface area contributed by atoms with E-state index in [9.17, 15) is 4.79 Å². The molecule has 2 saturated heterocycles. The van der Waals surface area contributed by atoms with Crippen LogP contribution >= 0.6 is 0 Å². The van der Waals surface area contributed by atoms with E-state index >= 15 is 0 Å². The average Bonchev–Trinajstić information content (AvgIpc) is 3.17. The Balaban J connectivity index is 1.28. The lowest BCUT2D eigenvalue weighted by molar-refractivity contribution is 0.0203. The summed E-state index contributed by atoms with van der Waals surface area (Å²) in [6, 6.07) is 16.6. The first-order chi connectivity index (χ1) is 13.3. The van der Waals surface area contributed by atoms with Crippen LogP contribution in [0.5, 0.6) is 0 Å². The predicted octanol–water partition coefficient (Wildman–Crippen LogP) is 3.31. The van der Waals surface area contributed by atoms with Gasteiger partial charge in [0.15, 0.2) is 0 Å². The average molecular weight is 360 g/mol. The number of benzene rings is 1. The van der Waals surface area contributed by atoms with Crippen LogP contribution in [0.3, 0.4) is 0 Å². The summed E-state index contributed by atoms with van der Waals surface area (Å²) in [6.45, 7) is 4.13. The molecule has 138 valence electrons. The van der Waals surface area contributed by atoms with Gasteiger partial charge in [0.1, 0.15) is 0 Å². The Labute approximate surface area is 159 Å². The molecule has 4 heterocycles. The van der Waals surface area contributed by atoms with Crippen molar-refractivity contribution in [3.8, 4) is 11.3 Å². The maximum absolute atomic E-state index is 12.8. The molecule has 0 bridgehead atoms. The van der Waals surface area contributed by atoms with Crippen LogP contribution in [0.1, 0.15) is 29.6 Å². The Morgan fingerprint density at radius 3 is 2.48 bits per heavy atom. The quantitative estimate of drug-likeness (QED) is 0.719. The second-order valence-corrected chi connectivity index (χ2v) is 7.62. The van der Waals surface area contributed by atoms with E-state index in [-0.39, 0.29) is 5.91 Å². The molecule has 5 nitrogen and oxygen atoms in total. The van der Waals surface area contributed by atoms with Gasteiger partial charge in [0, 0.05) is 30.3 Å². The zero-order valence-electron chi connectivity index (χ0n) is 15.4. The van der Waals surface area contributed by atoms with Crippen LogP contribution in [0.25, 0.3) is 16.8 Å². The molecule has 2 aliphatic rings. The van der Waals surface area contributed by atoms with Gasteiger partial charge in [0.05, 0.1) is 17.4 Å². The van der Waals surface area contributed by atoms with E-state index in [1.807, 2.05) is 51.9 Å². The zero-order valence-corrected chi connectivity index (χ0v) is 15.4. The number of rotatable bonds is 3. The normalized spacial score (nSPS) is 18.6. The molecule has 5 heteroatoms. The fourth-order valence-corrected chi connectivity index (χ4v) is 4.27.